The molecule has 1 N–H and O–H groups in total. The lowest BCUT2D eigenvalue weighted by Gasteiger charge is -2.11. The number of nitrogens with one attached hydrogen (secondary N) is 1. The Hall–Kier alpha value is -1.59. The fraction of sp³-hybridized carbons (Fsp3) is 0.0625. The normalized spacial score (nSPS) is 10.6. The van der Waals surface area contributed by atoms with E-state index in [2.05, 4.69) is 48.2 Å². The van der Waals surface area contributed by atoms with Crippen molar-refractivity contribution >= 4 is 43.5 Å². The van der Waals surface area contributed by atoms with Crippen LogP contribution in [0.4, 0.5) is 11.6 Å². The van der Waals surface area contributed by atoms with Crippen molar-refractivity contribution in [2.75, 3.05) is 5.32 Å². The first-order valence-corrected chi connectivity index (χ1v) is 8.05. The third-order valence-corrected chi connectivity index (χ3v) is 4.19. The number of nitrogens with zero attached hydrogens (tertiary/aromatic N) is 2. The van der Waals surface area contributed by atoms with E-state index in [1.807, 2.05) is 60.2 Å². The fourth-order valence-electron chi connectivity index (χ4n) is 2.09. The van der Waals surface area contributed by atoms with Crippen LogP contribution < -0.4 is 5.32 Å². The van der Waals surface area contributed by atoms with Crippen molar-refractivity contribution in [1.29, 1.82) is 0 Å². The van der Waals surface area contributed by atoms with E-state index in [4.69, 9.17) is 0 Å². The Bertz CT molecular complexity index is 766. The van der Waals surface area contributed by atoms with Gasteiger partial charge in [-0.1, -0.05) is 34.1 Å². The van der Waals surface area contributed by atoms with Crippen molar-refractivity contribution in [3.8, 4) is 5.69 Å². The van der Waals surface area contributed by atoms with Crippen LogP contribution >= 0.6 is 31.9 Å². The Labute approximate surface area is 140 Å². The molecule has 0 radical (unpaired) electrons. The summed E-state index contributed by atoms with van der Waals surface area (Å²) in [5.74, 6) is 0.789. The summed E-state index contributed by atoms with van der Waals surface area (Å²) in [6, 6.07) is 16.1. The van der Waals surface area contributed by atoms with Gasteiger partial charge in [-0.05, 0) is 53.2 Å². The number of imidazole rings is 1. The van der Waals surface area contributed by atoms with Crippen molar-refractivity contribution < 1.29 is 0 Å². The number of aromatic nitrogens is 2. The van der Waals surface area contributed by atoms with Gasteiger partial charge in [0, 0.05) is 20.8 Å². The third kappa shape index (κ3) is 3.19. The lowest BCUT2D eigenvalue weighted by molar-refractivity contribution is 1.05. The van der Waals surface area contributed by atoms with E-state index < -0.39 is 0 Å². The van der Waals surface area contributed by atoms with E-state index in [9.17, 15) is 0 Å². The third-order valence-electron chi connectivity index (χ3n) is 3.02. The zero-order valence-electron chi connectivity index (χ0n) is 11.3. The number of halogens is 2. The van der Waals surface area contributed by atoms with Crippen molar-refractivity contribution in [3.63, 3.8) is 0 Å². The molecule has 0 saturated carbocycles. The van der Waals surface area contributed by atoms with E-state index in [0.717, 1.165) is 32.0 Å². The van der Waals surface area contributed by atoms with Crippen LogP contribution in [0.25, 0.3) is 5.69 Å². The van der Waals surface area contributed by atoms with Gasteiger partial charge in [0.05, 0.1) is 11.4 Å². The summed E-state index contributed by atoms with van der Waals surface area (Å²) in [4.78, 5) is 4.57. The Balaban J connectivity index is 2.05. The quantitative estimate of drug-likeness (QED) is 0.626. The molecule has 0 aliphatic rings. The molecule has 0 unspecified atom stereocenters. The Morgan fingerprint density at radius 1 is 1.05 bits per heavy atom. The van der Waals surface area contributed by atoms with E-state index in [1.165, 1.54) is 0 Å². The van der Waals surface area contributed by atoms with Gasteiger partial charge in [-0.25, -0.2) is 4.98 Å². The Morgan fingerprint density at radius 2 is 1.81 bits per heavy atom. The minimum Gasteiger partial charge on any atom is -0.325 e. The van der Waals surface area contributed by atoms with E-state index in [1.54, 1.807) is 0 Å². The lowest BCUT2D eigenvalue weighted by Crippen LogP contribution is -2.01. The second-order valence-corrected chi connectivity index (χ2v) is 6.43. The van der Waals surface area contributed by atoms with Crippen molar-refractivity contribution in [1.82, 2.24) is 9.55 Å². The van der Waals surface area contributed by atoms with Gasteiger partial charge in [-0.2, -0.15) is 0 Å². The summed E-state index contributed by atoms with van der Waals surface area (Å²) < 4.78 is 4.08. The minimum absolute atomic E-state index is 0.789. The molecule has 0 aliphatic heterocycles. The van der Waals surface area contributed by atoms with Crippen molar-refractivity contribution in [2.45, 2.75) is 6.92 Å². The van der Waals surface area contributed by atoms with Gasteiger partial charge in [0.1, 0.15) is 0 Å². The number of anilines is 2. The van der Waals surface area contributed by atoms with Crippen LogP contribution in [-0.4, -0.2) is 9.55 Å². The van der Waals surface area contributed by atoms with E-state index in [-0.39, 0.29) is 0 Å². The van der Waals surface area contributed by atoms with Crippen LogP contribution in [0, 0.1) is 6.92 Å². The molecule has 0 fully saturated rings. The second-order valence-electron chi connectivity index (χ2n) is 4.66. The van der Waals surface area contributed by atoms with E-state index in [0.29, 0.717) is 0 Å². The Morgan fingerprint density at radius 3 is 2.57 bits per heavy atom. The summed E-state index contributed by atoms with van der Waals surface area (Å²) in [7, 11) is 0. The molecule has 3 aromatic rings. The maximum Gasteiger partial charge on any atom is 0.212 e. The molecule has 0 amide bonds. The molecule has 5 heteroatoms. The highest BCUT2D eigenvalue weighted by molar-refractivity contribution is 9.11. The summed E-state index contributed by atoms with van der Waals surface area (Å²) in [6.07, 6.45) is 2.01. The predicted octanol–water partition coefficient (Wildman–Crippen LogP) is 5.45. The lowest BCUT2D eigenvalue weighted by atomic mass is 10.3. The molecule has 0 atom stereocenters. The first kappa shape index (κ1) is 14.4. The van der Waals surface area contributed by atoms with Gasteiger partial charge in [0.25, 0.3) is 0 Å². The molecule has 1 aromatic heterocycles. The monoisotopic (exact) mass is 405 g/mol. The highest BCUT2D eigenvalue weighted by Gasteiger charge is 2.11. The van der Waals surface area contributed by atoms with Gasteiger partial charge in [0.15, 0.2) is 0 Å². The summed E-state index contributed by atoms with van der Waals surface area (Å²) in [6.45, 7) is 1.98. The summed E-state index contributed by atoms with van der Waals surface area (Å²) >= 11 is 7.12. The molecular weight excluding hydrogens is 394 g/mol. The average molecular weight is 407 g/mol. The van der Waals surface area contributed by atoms with Gasteiger partial charge < -0.3 is 5.32 Å². The molecule has 1 heterocycles. The van der Waals surface area contributed by atoms with Crippen molar-refractivity contribution in [3.05, 3.63) is 69.4 Å². The molecule has 0 spiro atoms. The molecule has 0 saturated heterocycles. The molecule has 0 bridgehead atoms. The predicted molar refractivity (Wildman–Crippen MR) is 93.4 cm³/mol. The number of hydrogen-bond donors (Lipinski definition) is 1. The Kier molecular flexibility index (Phi) is 4.12. The zero-order chi connectivity index (χ0) is 14.8. The van der Waals surface area contributed by atoms with Gasteiger partial charge in [0.2, 0.25) is 5.95 Å². The van der Waals surface area contributed by atoms with Gasteiger partial charge >= 0.3 is 0 Å². The topological polar surface area (TPSA) is 29.9 Å². The SMILES string of the molecule is Cc1cn(-c2cc(Br)ccc2Br)c(Nc2ccccc2)n1. The fourth-order valence-corrected chi connectivity index (χ4v) is 2.88. The molecular formula is C16H13Br2N3. The standard InChI is InChI=1S/C16H13Br2N3/c1-11-10-21(15-9-12(17)7-8-14(15)18)16(19-11)20-13-5-3-2-4-6-13/h2-10H,1H3,(H,19,20). The van der Waals surface area contributed by atoms with Gasteiger partial charge in [-0.15, -0.1) is 0 Å². The highest BCUT2D eigenvalue weighted by atomic mass is 79.9. The second kappa shape index (κ2) is 6.03. The molecule has 0 aliphatic carbocycles. The number of rotatable bonds is 3. The van der Waals surface area contributed by atoms with Crippen LogP contribution in [0.5, 0.6) is 0 Å². The maximum absolute atomic E-state index is 4.57. The van der Waals surface area contributed by atoms with Crippen LogP contribution in [-0.2, 0) is 0 Å². The molecule has 21 heavy (non-hydrogen) atoms. The zero-order valence-corrected chi connectivity index (χ0v) is 14.5. The molecule has 2 aromatic carbocycles. The van der Waals surface area contributed by atoms with Crippen LogP contribution in [0.1, 0.15) is 5.69 Å². The van der Waals surface area contributed by atoms with Crippen LogP contribution in [0.3, 0.4) is 0 Å². The molecule has 3 nitrogen and oxygen atoms in total. The van der Waals surface area contributed by atoms with Crippen LogP contribution in [0.2, 0.25) is 0 Å². The molecule has 3 rings (SSSR count). The number of benzene rings is 2. The highest BCUT2D eigenvalue weighted by Crippen LogP contribution is 2.29. The van der Waals surface area contributed by atoms with E-state index >= 15 is 0 Å². The average Bonchev–Trinajstić information content (AvgIpc) is 2.83. The number of para-hydroxylation sites is 1. The first-order chi connectivity index (χ1) is 10.1. The minimum atomic E-state index is 0.789. The molecule has 106 valence electrons. The first-order valence-electron chi connectivity index (χ1n) is 6.47. The van der Waals surface area contributed by atoms with Crippen LogP contribution in [0.15, 0.2) is 63.7 Å². The number of aryl methyl sites for hydroxylation is 1. The number of hydrogen-bond acceptors (Lipinski definition) is 2. The van der Waals surface area contributed by atoms with Crippen molar-refractivity contribution in [2.24, 2.45) is 0 Å². The summed E-state index contributed by atoms with van der Waals surface area (Å²) in [5.41, 5.74) is 3.00. The maximum atomic E-state index is 4.57. The largest absolute Gasteiger partial charge is 0.325 e. The summed E-state index contributed by atoms with van der Waals surface area (Å²) in [5, 5.41) is 3.35. The van der Waals surface area contributed by atoms with Gasteiger partial charge in [-0.3, -0.25) is 4.57 Å². The smallest absolute Gasteiger partial charge is 0.212 e.